The second kappa shape index (κ2) is 5.84. The number of amides is 1. The van der Waals surface area contributed by atoms with E-state index in [1.54, 1.807) is 0 Å². The molecular formula is C22H21NO4. The monoisotopic (exact) mass is 363 g/mol. The third-order valence-corrected chi connectivity index (χ3v) is 6.55. The van der Waals surface area contributed by atoms with Crippen molar-refractivity contribution in [2.45, 2.75) is 31.2 Å². The standard InChI is InChI=1S/C22H21NO4/c24-20(25)19(22-9-13(10-22)11-22)23-21(26)27-12-18-16-7-3-1-5-14(16)15-6-2-4-8-17(15)18/h1-8,13,18-19H,9-12H2,(H,23,26)(H,24,25)/t13?,19-,22?/m1/s1. The summed E-state index contributed by atoms with van der Waals surface area (Å²) in [4.78, 5) is 24.0. The van der Waals surface area contributed by atoms with Gasteiger partial charge in [-0.3, -0.25) is 0 Å². The van der Waals surface area contributed by atoms with Crippen LogP contribution in [0.4, 0.5) is 4.79 Å². The van der Waals surface area contributed by atoms with Gasteiger partial charge in [-0.1, -0.05) is 48.5 Å². The van der Waals surface area contributed by atoms with E-state index in [0.29, 0.717) is 5.92 Å². The van der Waals surface area contributed by atoms with E-state index in [1.807, 2.05) is 24.3 Å². The Hall–Kier alpha value is -2.82. The predicted octanol–water partition coefficient (Wildman–Crippen LogP) is 3.78. The molecule has 0 aliphatic heterocycles. The molecule has 3 saturated carbocycles. The van der Waals surface area contributed by atoms with Crippen molar-refractivity contribution in [3.05, 3.63) is 59.7 Å². The first kappa shape index (κ1) is 16.4. The lowest BCUT2D eigenvalue weighted by molar-refractivity contribution is -0.169. The molecule has 0 saturated heterocycles. The Morgan fingerprint density at radius 1 is 1.04 bits per heavy atom. The molecule has 6 rings (SSSR count). The van der Waals surface area contributed by atoms with E-state index in [1.165, 1.54) is 11.1 Å². The molecule has 4 aliphatic rings. The lowest BCUT2D eigenvalue weighted by Gasteiger charge is -2.63. The molecule has 2 aromatic carbocycles. The number of fused-ring (bicyclic) bond motifs is 3. The zero-order valence-corrected chi connectivity index (χ0v) is 14.9. The number of hydrogen-bond donors (Lipinski definition) is 2. The van der Waals surface area contributed by atoms with E-state index >= 15 is 0 Å². The van der Waals surface area contributed by atoms with Gasteiger partial charge in [0.05, 0.1) is 0 Å². The van der Waals surface area contributed by atoms with E-state index in [0.717, 1.165) is 30.4 Å². The highest BCUT2D eigenvalue weighted by Crippen LogP contribution is 2.66. The predicted molar refractivity (Wildman–Crippen MR) is 99.4 cm³/mol. The fourth-order valence-corrected chi connectivity index (χ4v) is 5.13. The summed E-state index contributed by atoms with van der Waals surface area (Å²) in [5, 5.41) is 12.1. The first-order valence-electron chi connectivity index (χ1n) is 9.42. The SMILES string of the molecule is O=C(N[C@H](C(=O)O)C12CC(C1)C2)OCC1c2ccccc2-c2ccccc21. The van der Waals surface area contributed by atoms with Gasteiger partial charge in [0.15, 0.2) is 0 Å². The van der Waals surface area contributed by atoms with Gasteiger partial charge in [0.1, 0.15) is 12.6 Å². The minimum Gasteiger partial charge on any atom is -0.480 e. The first-order chi connectivity index (χ1) is 13.1. The van der Waals surface area contributed by atoms with Gasteiger partial charge in [-0.05, 0) is 47.4 Å². The summed E-state index contributed by atoms with van der Waals surface area (Å²) in [6.07, 6.45) is 2.04. The van der Waals surface area contributed by atoms with Crippen molar-refractivity contribution >= 4 is 12.1 Å². The number of benzene rings is 2. The van der Waals surface area contributed by atoms with Crippen molar-refractivity contribution in [1.82, 2.24) is 5.32 Å². The van der Waals surface area contributed by atoms with Crippen LogP contribution in [0, 0.1) is 11.3 Å². The Morgan fingerprint density at radius 2 is 1.59 bits per heavy atom. The van der Waals surface area contributed by atoms with Crippen LogP contribution in [-0.2, 0) is 9.53 Å². The van der Waals surface area contributed by atoms with Crippen LogP contribution in [0.2, 0.25) is 0 Å². The largest absolute Gasteiger partial charge is 0.480 e. The highest BCUT2D eigenvalue weighted by atomic mass is 16.5. The van der Waals surface area contributed by atoms with E-state index in [2.05, 4.69) is 29.6 Å². The number of carboxylic acid groups (broad SMARTS) is 1. The molecule has 1 amide bonds. The topological polar surface area (TPSA) is 75.6 Å². The quantitative estimate of drug-likeness (QED) is 0.848. The van der Waals surface area contributed by atoms with Crippen molar-refractivity contribution in [3.63, 3.8) is 0 Å². The fourth-order valence-electron chi connectivity index (χ4n) is 5.13. The van der Waals surface area contributed by atoms with Gasteiger partial charge in [0.25, 0.3) is 0 Å². The normalized spacial score (nSPS) is 25.4. The lowest BCUT2D eigenvalue weighted by Crippen LogP contribution is -2.66. The molecule has 0 unspecified atom stereocenters. The number of aliphatic carboxylic acids is 1. The molecule has 2 aromatic rings. The van der Waals surface area contributed by atoms with E-state index in [9.17, 15) is 14.7 Å². The number of carbonyl (C=O) groups is 2. The fraction of sp³-hybridized carbons (Fsp3) is 0.364. The summed E-state index contributed by atoms with van der Waals surface area (Å²) in [5.41, 5.74) is 4.36. The first-order valence-corrected chi connectivity index (χ1v) is 9.42. The maximum Gasteiger partial charge on any atom is 0.407 e. The molecule has 2 N–H and O–H groups in total. The zero-order valence-electron chi connectivity index (χ0n) is 14.9. The van der Waals surface area contributed by atoms with Gasteiger partial charge in [0, 0.05) is 11.3 Å². The summed E-state index contributed by atoms with van der Waals surface area (Å²) in [6, 6.07) is 15.4. The number of carbonyl (C=O) groups excluding carboxylic acids is 1. The maximum absolute atomic E-state index is 12.3. The summed E-state index contributed by atoms with van der Waals surface area (Å²) < 4.78 is 5.49. The molecule has 5 heteroatoms. The minimum absolute atomic E-state index is 0.0265. The van der Waals surface area contributed by atoms with Crippen LogP contribution in [0.5, 0.6) is 0 Å². The molecule has 1 atom stereocenters. The summed E-state index contributed by atoms with van der Waals surface area (Å²) in [7, 11) is 0. The van der Waals surface area contributed by atoms with Crippen LogP contribution >= 0.6 is 0 Å². The number of rotatable bonds is 5. The van der Waals surface area contributed by atoms with Crippen molar-refractivity contribution in [2.24, 2.45) is 11.3 Å². The van der Waals surface area contributed by atoms with Gasteiger partial charge >= 0.3 is 12.1 Å². The lowest BCUT2D eigenvalue weighted by atomic mass is 9.42. The van der Waals surface area contributed by atoms with E-state index < -0.39 is 18.1 Å². The third-order valence-electron chi connectivity index (χ3n) is 6.55. The molecule has 3 fully saturated rings. The molecule has 2 bridgehead atoms. The summed E-state index contributed by atoms with van der Waals surface area (Å²) in [5.74, 6) is -0.348. The molecule has 0 aromatic heterocycles. The Balaban J connectivity index is 1.30. The van der Waals surface area contributed by atoms with Crippen molar-refractivity contribution < 1.29 is 19.4 Å². The van der Waals surface area contributed by atoms with Gasteiger partial charge in [-0.15, -0.1) is 0 Å². The van der Waals surface area contributed by atoms with Crippen LogP contribution in [0.25, 0.3) is 11.1 Å². The number of hydrogen-bond acceptors (Lipinski definition) is 3. The Labute approximate surface area is 157 Å². The number of alkyl carbamates (subject to hydrolysis) is 1. The molecule has 138 valence electrons. The van der Waals surface area contributed by atoms with Crippen LogP contribution in [-0.4, -0.2) is 29.8 Å². The van der Waals surface area contributed by atoms with E-state index in [4.69, 9.17) is 4.74 Å². The molecule has 0 spiro atoms. The van der Waals surface area contributed by atoms with Gasteiger partial charge in [0.2, 0.25) is 0 Å². The zero-order chi connectivity index (χ0) is 18.6. The number of nitrogens with one attached hydrogen (secondary N) is 1. The molecule has 0 heterocycles. The smallest absolute Gasteiger partial charge is 0.407 e. The third kappa shape index (κ3) is 2.45. The average Bonchev–Trinajstić information content (AvgIpc) is 2.91. The molecule has 5 nitrogen and oxygen atoms in total. The van der Waals surface area contributed by atoms with Gasteiger partial charge in [-0.25, -0.2) is 9.59 Å². The van der Waals surface area contributed by atoms with Crippen LogP contribution in [0.1, 0.15) is 36.3 Å². The molecular weight excluding hydrogens is 342 g/mol. The molecule has 4 aliphatic carbocycles. The highest BCUT2D eigenvalue weighted by molar-refractivity contribution is 5.82. The number of carboxylic acids is 1. The maximum atomic E-state index is 12.3. The van der Waals surface area contributed by atoms with Gasteiger partial charge in [-0.2, -0.15) is 0 Å². The minimum atomic E-state index is -0.971. The average molecular weight is 363 g/mol. The Morgan fingerprint density at radius 3 is 2.07 bits per heavy atom. The second-order valence-corrected chi connectivity index (χ2v) is 8.08. The van der Waals surface area contributed by atoms with Gasteiger partial charge < -0.3 is 15.2 Å². The Bertz CT molecular complexity index is 875. The Kier molecular flexibility index (Phi) is 3.54. The van der Waals surface area contributed by atoms with Crippen LogP contribution in [0.3, 0.4) is 0 Å². The molecule has 0 radical (unpaired) electrons. The van der Waals surface area contributed by atoms with Crippen molar-refractivity contribution in [3.8, 4) is 11.1 Å². The van der Waals surface area contributed by atoms with Crippen LogP contribution in [0.15, 0.2) is 48.5 Å². The summed E-state index contributed by atoms with van der Waals surface area (Å²) in [6.45, 7) is 0.196. The number of ether oxygens (including phenoxy) is 1. The second-order valence-electron chi connectivity index (χ2n) is 8.08. The summed E-state index contributed by atoms with van der Waals surface area (Å²) >= 11 is 0. The highest BCUT2D eigenvalue weighted by Gasteiger charge is 2.63. The van der Waals surface area contributed by atoms with Crippen LogP contribution < -0.4 is 5.32 Å². The molecule has 27 heavy (non-hydrogen) atoms. The van der Waals surface area contributed by atoms with Crippen molar-refractivity contribution in [2.75, 3.05) is 6.61 Å². The van der Waals surface area contributed by atoms with E-state index in [-0.39, 0.29) is 17.9 Å². The van der Waals surface area contributed by atoms with Crippen molar-refractivity contribution in [1.29, 1.82) is 0 Å².